The van der Waals surface area contributed by atoms with Crippen LogP contribution in [0.25, 0.3) is 0 Å². The number of carboxylic acid groups (broad SMARTS) is 1. The zero-order chi connectivity index (χ0) is 15.3. The first-order valence-corrected chi connectivity index (χ1v) is 6.72. The zero-order valence-electron chi connectivity index (χ0n) is 11.7. The topological polar surface area (TPSA) is 78.4 Å². The highest BCUT2D eigenvalue weighted by Gasteiger charge is 2.16. The van der Waals surface area contributed by atoms with Crippen LogP contribution < -0.4 is 10.6 Å². The lowest BCUT2D eigenvalue weighted by atomic mass is 10.1. The zero-order valence-corrected chi connectivity index (χ0v) is 12.5. The number of aryl methyl sites for hydroxylation is 1. The van der Waals surface area contributed by atoms with Crippen molar-refractivity contribution >= 4 is 29.2 Å². The van der Waals surface area contributed by atoms with E-state index in [9.17, 15) is 9.59 Å². The molecular weight excluding hydrogens is 280 g/mol. The number of hydrogen-bond donors (Lipinski definition) is 3. The summed E-state index contributed by atoms with van der Waals surface area (Å²) < 4.78 is 0. The standard InChI is InChI=1S/C14H19ClN2O3/c1-8-4-5-11(15)7-12(8)17-13(18)6-9(2)16-10(3)14(19)20/h4-5,7,9-10,16H,6H2,1-3H3,(H,17,18)(H,19,20). The Hall–Kier alpha value is -1.59. The van der Waals surface area contributed by atoms with E-state index in [0.29, 0.717) is 10.7 Å². The third kappa shape index (κ3) is 5.19. The molecule has 3 N–H and O–H groups in total. The predicted molar refractivity (Wildman–Crippen MR) is 79.1 cm³/mol. The molecule has 5 nitrogen and oxygen atoms in total. The van der Waals surface area contributed by atoms with Gasteiger partial charge in [0.15, 0.2) is 0 Å². The van der Waals surface area contributed by atoms with E-state index in [0.717, 1.165) is 5.56 Å². The van der Waals surface area contributed by atoms with E-state index in [-0.39, 0.29) is 18.4 Å². The Morgan fingerprint density at radius 3 is 2.60 bits per heavy atom. The van der Waals surface area contributed by atoms with Gasteiger partial charge in [-0.25, -0.2) is 0 Å². The summed E-state index contributed by atoms with van der Waals surface area (Å²) in [5.74, 6) is -1.13. The molecule has 20 heavy (non-hydrogen) atoms. The predicted octanol–water partition coefficient (Wildman–Crippen LogP) is 2.43. The molecule has 1 aromatic carbocycles. The van der Waals surface area contributed by atoms with Gasteiger partial charge in [0.1, 0.15) is 6.04 Å². The first kappa shape index (κ1) is 16.5. The molecule has 1 aromatic rings. The van der Waals surface area contributed by atoms with Crippen molar-refractivity contribution in [1.29, 1.82) is 0 Å². The molecule has 0 radical (unpaired) electrons. The molecule has 0 saturated carbocycles. The van der Waals surface area contributed by atoms with Gasteiger partial charge in [-0.3, -0.25) is 9.59 Å². The lowest BCUT2D eigenvalue weighted by Crippen LogP contribution is -2.41. The molecule has 0 aliphatic rings. The van der Waals surface area contributed by atoms with E-state index >= 15 is 0 Å². The van der Waals surface area contributed by atoms with E-state index in [2.05, 4.69) is 10.6 Å². The van der Waals surface area contributed by atoms with Gasteiger partial charge in [-0.1, -0.05) is 17.7 Å². The van der Waals surface area contributed by atoms with E-state index in [1.54, 1.807) is 19.1 Å². The summed E-state index contributed by atoms with van der Waals surface area (Å²) in [6.45, 7) is 5.18. The fourth-order valence-electron chi connectivity index (χ4n) is 1.77. The van der Waals surface area contributed by atoms with Crippen LogP contribution in [0.1, 0.15) is 25.8 Å². The third-order valence-corrected chi connectivity index (χ3v) is 3.11. The van der Waals surface area contributed by atoms with Crippen molar-refractivity contribution in [2.45, 2.75) is 39.3 Å². The van der Waals surface area contributed by atoms with Crippen LogP contribution in [-0.2, 0) is 9.59 Å². The minimum Gasteiger partial charge on any atom is -0.480 e. The summed E-state index contributed by atoms with van der Waals surface area (Å²) in [4.78, 5) is 22.6. The summed E-state index contributed by atoms with van der Waals surface area (Å²) in [6.07, 6.45) is 0.184. The SMILES string of the molecule is Cc1ccc(Cl)cc1NC(=O)CC(C)NC(C)C(=O)O. The molecule has 0 aliphatic heterocycles. The second-order valence-electron chi connectivity index (χ2n) is 4.84. The largest absolute Gasteiger partial charge is 0.480 e. The average Bonchev–Trinajstić information content (AvgIpc) is 2.33. The minimum atomic E-state index is -0.942. The number of benzene rings is 1. The highest BCUT2D eigenvalue weighted by molar-refractivity contribution is 6.31. The van der Waals surface area contributed by atoms with Crippen LogP contribution in [-0.4, -0.2) is 29.1 Å². The van der Waals surface area contributed by atoms with Gasteiger partial charge in [0, 0.05) is 23.2 Å². The number of rotatable bonds is 6. The number of amides is 1. The molecule has 2 unspecified atom stereocenters. The molecule has 110 valence electrons. The van der Waals surface area contributed by atoms with Crippen molar-refractivity contribution in [3.8, 4) is 0 Å². The van der Waals surface area contributed by atoms with Crippen LogP contribution in [0.3, 0.4) is 0 Å². The quantitative estimate of drug-likeness (QED) is 0.754. The summed E-state index contributed by atoms with van der Waals surface area (Å²) in [5.41, 5.74) is 1.59. The fraction of sp³-hybridized carbons (Fsp3) is 0.429. The van der Waals surface area contributed by atoms with Crippen LogP contribution in [0.2, 0.25) is 5.02 Å². The normalized spacial score (nSPS) is 13.6. The van der Waals surface area contributed by atoms with Gasteiger partial charge >= 0.3 is 5.97 Å². The number of anilines is 1. The summed E-state index contributed by atoms with van der Waals surface area (Å²) in [7, 11) is 0. The molecule has 6 heteroatoms. The Morgan fingerprint density at radius 1 is 1.35 bits per heavy atom. The molecule has 1 amide bonds. The Bertz CT molecular complexity index is 505. The van der Waals surface area contributed by atoms with Gasteiger partial charge in [0.2, 0.25) is 5.91 Å². The van der Waals surface area contributed by atoms with Gasteiger partial charge in [0.25, 0.3) is 0 Å². The summed E-state index contributed by atoms with van der Waals surface area (Å²) >= 11 is 5.88. The second kappa shape index (κ2) is 7.26. The minimum absolute atomic E-state index is 0.184. The number of carbonyl (C=O) groups excluding carboxylic acids is 1. The molecule has 0 fully saturated rings. The van der Waals surface area contributed by atoms with Gasteiger partial charge in [-0.15, -0.1) is 0 Å². The van der Waals surface area contributed by atoms with Gasteiger partial charge in [-0.2, -0.15) is 0 Å². The molecule has 0 saturated heterocycles. The van der Waals surface area contributed by atoms with Crippen molar-refractivity contribution < 1.29 is 14.7 Å². The number of aliphatic carboxylic acids is 1. The molecule has 0 heterocycles. The highest BCUT2D eigenvalue weighted by atomic mass is 35.5. The number of nitrogens with one attached hydrogen (secondary N) is 2. The van der Waals surface area contributed by atoms with Gasteiger partial charge < -0.3 is 15.7 Å². The van der Waals surface area contributed by atoms with Crippen LogP contribution >= 0.6 is 11.6 Å². The van der Waals surface area contributed by atoms with Crippen molar-refractivity contribution in [2.24, 2.45) is 0 Å². The van der Waals surface area contributed by atoms with Crippen molar-refractivity contribution in [1.82, 2.24) is 5.32 Å². The summed E-state index contributed by atoms with van der Waals surface area (Å²) in [6, 6.07) is 4.34. The second-order valence-corrected chi connectivity index (χ2v) is 5.28. The Labute approximate surface area is 123 Å². The summed E-state index contributed by atoms with van der Waals surface area (Å²) in [5, 5.41) is 15.0. The number of halogens is 1. The molecule has 0 bridgehead atoms. The van der Waals surface area contributed by atoms with E-state index in [1.807, 2.05) is 13.0 Å². The lowest BCUT2D eigenvalue weighted by molar-refractivity contribution is -0.139. The number of carboxylic acids is 1. The van der Waals surface area contributed by atoms with Gasteiger partial charge in [-0.05, 0) is 38.5 Å². The molecule has 0 aromatic heterocycles. The van der Waals surface area contributed by atoms with E-state index in [1.165, 1.54) is 6.92 Å². The van der Waals surface area contributed by atoms with Crippen molar-refractivity contribution in [3.05, 3.63) is 28.8 Å². The first-order valence-electron chi connectivity index (χ1n) is 6.34. The monoisotopic (exact) mass is 298 g/mol. The van der Waals surface area contributed by atoms with E-state index in [4.69, 9.17) is 16.7 Å². The first-order chi connectivity index (χ1) is 9.29. The van der Waals surface area contributed by atoms with Crippen LogP contribution in [0, 0.1) is 6.92 Å². The molecular formula is C14H19ClN2O3. The molecule has 1 rings (SSSR count). The van der Waals surface area contributed by atoms with Crippen molar-refractivity contribution in [3.63, 3.8) is 0 Å². The van der Waals surface area contributed by atoms with Crippen molar-refractivity contribution in [2.75, 3.05) is 5.32 Å². The fourth-order valence-corrected chi connectivity index (χ4v) is 1.94. The smallest absolute Gasteiger partial charge is 0.320 e. The number of hydrogen-bond acceptors (Lipinski definition) is 3. The number of carbonyl (C=O) groups is 2. The van der Waals surface area contributed by atoms with Crippen LogP contribution in [0.5, 0.6) is 0 Å². The van der Waals surface area contributed by atoms with Gasteiger partial charge in [0.05, 0.1) is 0 Å². The maximum absolute atomic E-state index is 11.9. The Balaban J connectivity index is 2.55. The maximum atomic E-state index is 11.9. The third-order valence-electron chi connectivity index (χ3n) is 2.87. The maximum Gasteiger partial charge on any atom is 0.320 e. The average molecular weight is 299 g/mol. The van der Waals surface area contributed by atoms with Crippen LogP contribution in [0.15, 0.2) is 18.2 Å². The van der Waals surface area contributed by atoms with E-state index < -0.39 is 12.0 Å². The lowest BCUT2D eigenvalue weighted by Gasteiger charge is -2.17. The Kier molecular flexibility index (Phi) is 5.98. The molecule has 0 spiro atoms. The molecule has 2 atom stereocenters. The molecule has 0 aliphatic carbocycles. The highest BCUT2D eigenvalue weighted by Crippen LogP contribution is 2.20. The Morgan fingerprint density at radius 2 is 2.00 bits per heavy atom. The van der Waals surface area contributed by atoms with Crippen LogP contribution in [0.4, 0.5) is 5.69 Å².